The first-order valence-electron chi connectivity index (χ1n) is 10.1. The van der Waals surface area contributed by atoms with Gasteiger partial charge in [-0.1, -0.05) is 36.4 Å². The van der Waals surface area contributed by atoms with Gasteiger partial charge in [0.25, 0.3) is 11.8 Å². The molecule has 3 amide bonds. The number of amides is 3. The van der Waals surface area contributed by atoms with E-state index in [-0.39, 0.29) is 13.0 Å². The van der Waals surface area contributed by atoms with Crippen LogP contribution >= 0.6 is 0 Å². The predicted octanol–water partition coefficient (Wildman–Crippen LogP) is 4.08. The molecule has 1 atom stereocenters. The van der Waals surface area contributed by atoms with Crippen LogP contribution in [0, 0.1) is 0 Å². The largest absolute Gasteiger partial charge is 0.496 e. The number of benzene rings is 1. The van der Waals surface area contributed by atoms with E-state index in [1.165, 1.54) is 12.0 Å². The van der Waals surface area contributed by atoms with Crippen LogP contribution < -0.4 is 10.1 Å². The summed E-state index contributed by atoms with van der Waals surface area (Å²) in [5.41, 5.74) is 0.614. The third-order valence-electron chi connectivity index (χ3n) is 4.58. The summed E-state index contributed by atoms with van der Waals surface area (Å²) in [6, 6.07) is 6.30. The molecule has 1 N–H and O–H groups in total. The fraction of sp³-hybridized carbons (Fsp3) is 0.375. The van der Waals surface area contributed by atoms with E-state index in [9.17, 15) is 14.4 Å². The summed E-state index contributed by atoms with van der Waals surface area (Å²) >= 11 is 0. The maximum Gasteiger partial charge on any atom is 0.407 e. The Labute approximate surface area is 183 Å². The van der Waals surface area contributed by atoms with Gasteiger partial charge in [0.15, 0.2) is 0 Å². The molecule has 7 heteroatoms. The highest BCUT2D eigenvalue weighted by atomic mass is 16.6. The van der Waals surface area contributed by atoms with Gasteiger partial charge in [-0.25, -0.2) is 4.79 Å². The predicted molar refractivity (Wildman–Crippen MR) is 118 cm³/mol. The van der Waals surface area contributed by atoms with Crippen molar-refractivity contribution in [2.45, 2.75) is 45.8 Å². The number of rotatable bonds is 8. The smallest absolute Gasteiger partial charge is 0.407 e. The lowest BCUT2D eigenvalue weighted by molar-refractivity contribution is -0.140. The van der Waals surface area contributed by atoms with Crippen molar-refractivity contribution in [3.05, 3.63) is 65.8 Å². The van der Waals surface area contributed by atoms with Crippen LogP contribution in [0.15, 0.2) is 60.2 Å². The van der Waals surface area contributed by atoms with Gasteiger partial charge in [0.1, 0.15) is 11.4 Å². The summed E-state index contributed by atoms with van der Waals surface area (Å²) in [6.45, 7) is 10.7. The van der Waals surface area contributed by atoms with E-state index in [2.05, 4.69) is 11.9 Å². The van der Waals surface area contributed by atoms with Crippen LogP contribution in [0.4, 0.5) is 4.79 Å². The van der Waals surface area contributed by atoms with Crippen molar-refractivity contribution in [1.82, 2.24) is 10.2 Å². The third kappa shape index (κ3) is 5.63. The van der Waals surface area contributed by atoms with Crippen molar-refractivity contribution >= 4 is 17.9 Å². The highest BCUT2D eigenvalue weighted by molar-refractivity contribution is 6.21. The van der Waals surface area contributed by atoms with Gasteiger partial charge in [-0.3, -0.25) is 14.5 Å². The van der Waals surface area contributed by atoms with Crippen molar-refractivity contribution in [1.29, 1.82) is 0 Å². The molecule has 0 saturated heterocycles. The number of para-hydroxylation sites is 1. The van der Waals surface area contributed by atoms with E-state index < -0.39 is 29.6 Å². The van der Waals surface area contributed by atoms with Crippen LogP contribution in [0.25, 0.3) is 0 Å². The Balaban J connectivity index is 2.46. The van der Waals surface area contributed by atoms with Gasteiger partial charge in [-0.2, -0.15) is 0 Å². The van der Waals surface area contributed by atoms with Crippen LogP contribution in [0.5, 0.6) is 5.75 Å². The quantitative estimate of drug-likeness (QED) is 0.500. The SMILES string of the molecule is C=CCC1=C(/C=C\C)C(=O)N(C(CNC(=O)OC(C)(C)C)c2ccccc2OC)C1=O. The van der Waals surface area contributed by atoms with Gasteiger partial charge in [0.05, 0.1) is 13.2 Å². The maximum absolute atomic E-state index is 13.3. The summed E-state index contributed by atoms with van der Waals surface area (Å²) in [7, 11) is 1.51. The topological polar surface area (TPSA) is 84.9 Å². The molecule has 0 radical (unpaired) electrons. The molecule has 0 aromatic heterocycles. The van der Waals surface area contributed by atoms with Gasteiger partial charge >= 0.3 is 6.09 Å². The van der Waals surface area contributed by atoms with Crippen molar-refractivity contribution in [2.24, 2.45) is 0 Å². The fourth-order valence-corrected chi connectivity index (χ4v) is 3.35. The summed E-state index contributed by atoms with van der Waals surface area (Å²) in [5.74, 6) is -0.342. The minimum absolute atomic E-state index is 0.0305. The molecule has 1 heterocycles. The first kappa shape index (κ1) is 23.9. The maximum atomic E-state index is 13.3. The second-order valence-electron chi connectivity index (χ2n) is 8.01. The summed E-state index contributed by atoms with van der Waals surface area (Å²) in [5, 5.41) is 2.68. The Bertz CT molecular complexity index is 924. The normalized spacial score (nSPS) is 15.5. The highest BCUT2D eigenvalue weighted by Crippen LogP contribution is 2.36. The van der Waals surface area contributed by atoms with E-state index >= 15 is 0 Å². The Morgan fingerprint density at radius 1 is 1.23 bits per heavy atom. The molecule has 166 valence electrons. The number of methoxy groups -OCH3 is 1. The minimum atomic E-state index is -0.786. The number of ether oxygens (including phenoxy) is 2. The monoisotopic (exact) mass is 426 g/mol. The van der Waals surface area contributed by atoms with Crippen molar-refractivity contribution in [3.8, 4) is 5.75 Å². The zero-order valence-electron chi connectivity index (χ0n) is 18.7. The molecule has 0 spiro atoms. The standard InChI is InChI=1S/C24H30N2O5/c1-7-11-16-17(12-8-2)22(28)26(21(16)27)19(15-25-23(29)31-24(3,4)5)18-13-9-10-14-20(18)30-6/h7-10,12-14,19H,1,11,15H2,2-6H3,(H,25,29)/b12-8-. The van der Waals surface area contributed by atoms with Crippen LogP contribution in [0.2, 0.25) is 0 Å². The van der Waals surface area contributed by atoms with Crippen LogP contribution in [0.3, 0.4) is 0 Å². The molecule has 1 unspecified atom stereocenters. The van der Waals surface area contributed by atoms with Crippen LogP contribution in [0.1, 0.15) is 45.7 Å². The average molecular weight is 427 g/mol. The van der Waals surface area contributed by atoms with Crippen LogP contribution in [-0.2, 0) is 14.3 Å². The Kier molecular flexibility index (Phi) is 7.80. The van der Waals surface area contributed by atoms with Gasteiger partial charge in [0, 0.05) is 23.3 Å². The molecule has 0 fully saturated rings. The Morgan fingerprint density at radius 3 is 2.48 bits per heavy atom. The first-order valence-corrected chi connectivity index (χ1v) is 10.1. The zero-order chi connectivity index (χ0) is 23.2. The number of hydrogen-bond acceptors (Lipinski definition) is 5. The summed E-state index contributed by atoms with van der Waals surface area (Å²) in [4.78, 5) is 40.0. The fourth-order valence-electron chi connectivity index (χ4n) is 3.35. The van der Waals surface area contributed by atoms with E-state index in [0.717, 1.165) is 0 Å². The average Bonchev–Trinajstić information content (AvgIpc) is 2.92. The number of hydrogen-bond donors (Lipinski definition) is 1. The van der Waals surface area contributed by atoms with E-state index in [4.69, 9.17) is 9.47 Å². The zero-order valence-corrected chi connectivity index (χ0v) is 18.7. The molecule has 0 saturated carbocycles. The lowest BCUT2D eigenvalue weighted by Crippen LogP contribution is -2.43. The van der Waals surface area contributed by atoms with Crippen molar-refractivity contribution < 1.29 is 23.9 Å². The van der Waals surface area contributed by atoms with E-state index in [1.54, 1.807) is 70.2 Å². The number of carbonyl (C=O) groups is 3. The van der Waals surface area contributed by atoms with Gasteiger partial charge in [0.2, 0.25) is 0 Å². The number of nitrogens with zero attached hydrogens (tertiary/aromatic N) is 1. The molecule has 0 bridgehead atoms. The second-order valence-corrected chi connectivity index (χ2v) is 8.01. The second kappa shape index (κ2) is 10.1. The van der Waals surface area contributed by atoms with Crippen molar-refractivity contribution in [2.75, 3.05) is 13.7 Å². The Hall–Kier alpha value is -3.35. The van der Waals surface area contributed by atoms with Gasteiger partial charge in [-0.15, -0.1) is 6.58 Å². The number of nitrogens with one attached hydrogen (secondary N) is 1. The van der Waals surface area contributed by atoms with E-state index in [1.807, 2.05) is 0 Å². The first-order chi connectivity index (χ1) is 14.6. The third-order valence-corrected chi connectivity index (χ3v) is 4.58. The molecule has 2 rings (SSSR count). The molecule has 1 aromatic rings. The number of alkyl carbamates (subject to hydrolysis) is 1. The molecular weight excluding hydrogens is 396 g/mol. The van der Waals surface area contributed by atoms with Gasteiger partial charge in [-0.05, 0) is 40.2 Å². The number of imide groups is 1. The lowest BCUT2D eigenvalue weighted by Gasteiger charge is -2.29. The molecule has 1 aliphatic heterocycles. The van der Waals surface area contributed by atoms with Crippen LogP contribution in [-0.4, -0.2) is 42.1 Å². The number of carbonyl (C=O) groups excluding carboxylic acids is 3. The Morgan fingerprint density at radius 2 is 1.90 bits per heavy atom. The molecule has 31 heavy (non-hydrogen) atoms. The molecular formula is C24H30N2O5. The minimum Gasteiger partial charge on any atom is -0.496 e. The summed E-state index contributed by atoms with van der Waals surface area (Å²) < 4.78 is 10.8. The van der Waals surface area contributed by atoms with E-state index in [0.29, 0.717) is 22.5 Å². The van der Waals surface area contributed by atoms with Crippen molar-refractivity contribution in [3.63, 3.8) is 0 Å². The molecule has 1 aliphatic rings. The summed E-state index contributed by atoms with van der Waals surface area (Å²) in [6.07, 6.45) is 4.55. The molecule has 7 nitrogen and oxygen atoms in total. The highest BCUT2D eigenvalue weighted by Gasteiger charge is 2.42. The molecule has 1 aromatic carbocycles. The lowest BCUT2D eigenvalue weighted by atomic mass is 10.0. The number of allylic oxidation sites excluding steroid dienone is 2. The van der Waals surface area contributed by atoms with Gasteiger partial charge < -0.3 is 14.8 Å². The molecule has 0 aliphatic carbocycles.